The van der Waals surface area contributed by atoms with E-state index in [0.717, 1.165) is 31.7 Å². The molecular formula is C11H18N6O. The van der Waals surface area contributed by atoms with Gasteiger partial charge in [-0.2, -0.15) is 4.98 Å². The normalized spacial score (nSPS) is 16.4. The molecule has 7 nitrogen and oxygen atoms in total. The molecule has 1 fully saturated rings. The monoisotopic (exact) mass is 250 g/mol. The van der Waals surface area contributed by atoms with E-state index in [1.165, 1.54) is 0 Å². The lowest BCUT2D eigenvalue weighted by atomic mass is 10.1. The maximum absolute atomic E-state index is 11.0. The number of aromatic nitrogens is 2. The van der Waals surface area contributed by atoms with Crippen molar-refractivity contribution in [3.8, 4) is 0 Å². The zero-order valence-corrected chi connectivity index (χ0v) is 10.4. The molecule has 98 valence electrons. The quantitative estimate of drug-likeness (QED) is 0.511. The first-order valence-corrected chi connectivity index (χ1v) is 6.01. The SMILES string of the molecule is CC(=O)NC1CCN(c2ccnc(NN)n2)CC1. The second kappa shape index (κ2) is 5.63. The van der Waals surface area contributed by atoms with Crippen molar-refractivity contribution in [2.24, 2.45) is 5.84 Å². The number of hydrazine groups is 1. The van der Waals surface area contributed by atoms with Crippen LogP contribution >= 0.6 is 0 Å². The predicted octanol–water partition coefficient (Wildman–Crippen LogP) is -0.133. The summed E-state index contributed by atoms with van der Waals surface area (Å²) in [5, 5.41) is 2.95. The van der Waals surface area contributed by atoms with Gasteiger partial charge in [0.15, 0.2) is 0 Å². The number of amides is 1. The third-order valence-corrected chi connectivity index (χ3v) is 3.00. The zero-order chi connectivity index (χ0) is 13.0. The van der Waals surface area contributed by atoms with Gasteiger partial charge in [0.2, 0.25) is 11.9 Å². The van der Waals surface area contributed by atoms with Crippen LogP contribution in [0.2, 0.25) is 0 Å². The molecule has 0 spiro atoms. The summed E-state index contributed by atoms with van der Waals surface area (Å²) < 4.78 is 0. The van der Waals surface area contributed by atoms with Gasteiger partial charge in [0.05, 0.1) is 0 Å². The lowest BCUT2D eigenvalue weighted by molar-refractivity contribution is -0.119. The molecule has 18 heavy (non-hydrogen) atoms. The van der Waals surface area contributed by atoms with Gasteiger partial charge in [-0.05, 0) is 18.9 Å². The van der Waals surface area contributed by atoms with E-state index in [1.807, 2.05) is 6.07 Å². The van der Waals surface area contributed by atoms with Crippen LogP contribution in [0, 0.1) is 0 Å². The van der Waals surface area contributed by atoms with Crippen LogP contribution in [0.15, 0.2) is 12.3 Å². The van der Waals surface area contributed by atoms with Crippen LogP contribution in [-0.2, 0) is 4.79 Å². The van der Waals surface area contributed by atoms with E-state index >= 15 is 0 Å². The van der Waals surface area contributed by atoms with E-state index in [0.29, 0.717) is 5.95 Å². The molecule has 1 aliphatic heterocycles. The van der Waals surface area contributed by atoms with Crippen molar-refractivity contribution in [1.29, 1.82) is 0 Å². The molecule has 7 heteroatoms. The molecule has 1 aromatic heterocycles. The van der Waals surface area contributed by atoms with Gasteiger partial charge in [-0.25, -0.2) is 10.8 Å². The number of hydrogen-bond acceptors (Lipinski definition) is 6. The molecule has 0 aromatic carbocycles. The number of nitrogens with one attached hydrogen (secondary N) is 2. The number of piperidine rings is 1. The number of nitrogen functional groups attached to an aromatic ring is 1. The third-order valence-electron chi connectivity index (χ3n) is 3.00. The largest absolute Gasteiger partial charge is 0.356 e. The molecule has 0 radical (unpaired) electrons. The number of anilines is 2. The summed E-state index contributed by atoms with van der Waals surface area (Å²) in [4.78, 5) is 21.4. The second-order valence-electron chi connectivity index (χ2n) is 4.34. The Morgan fingerprint density at radius 3 is 2.83 bits per heavy atom. The maximum atomic E-state index is 11.0. The summed E-state index contributed by atoms with van der Waals surface area (Å²) in [5.74, 6) is 6.59. The van der Waals surface area contributed by atoms with Crippen molar-refractivity contribution in [1.82, 2.24) is 15.3 Å². The Balaban J connectivity index is 1.94. The first-order valence-electron chi connectivity index (χ1n) is 6.01. The van der Waals surface area contributed by atoms with E-state index in [-0.39, 0.29) is 11.9 Å². The first-order chi connectivity index (χ1) is 8.69. The highest BCUT2D eigenvalue weighted by Crippen LogP contribution is 2.18. The summed E-state index contributed by atoms with van der Waals surface area (Å²) in [7, 11) is 0. The van der Waals surface area contributed by atoms with Crippen LogP contribution in [0.5, 0.6) is 0 Å². The first kappa shape index (κ1) is 12.6. The molecule has 0 bridgehead atoms. The summed E-state index contributed by atoms with van der Waals surface area (Å²) in [5.41, 5.74) is 2.44. The van der Waals surface area contributed by atoms with Crippen LogP contribution < -0.4 is 21.5 Å². The van der Waals surface area contributed by atoms with Crippen molar-refractivity contribution in [3.63, 3.8) is 0 Å². The Kier molecular flexibility index (Phi) is 3.93. The lowest BCUT2D eigenvalue weighted by Crippen LogP contribution is -2.44. The molecule has 2 rings (SSSR count). The smallest absolute Gasteiger partial charge is 0.239 e. The molecule has 0 saturated carbocycles. The fourth-order valence-electron chi connectivity index (χ4n) is 2.14. The van der Waals surface area contributed by atoms with Crippen LogP contribution in [0.3, 0.4) is 0 Å². The van der Waals surface area contributed by atoms with E-state index in [9.17, 15) is 4.79 Å². The zero-order valence-electron chi connectivity index (χ0n) is 10.4. The van der Waals surface area contributed by atoms with Gasteiger partial charge in [0, 0.05) is 32.3 Å². The number of hydrogen-bond donors (Lipinski definition) is 3. The van der Waals surface area contributed by atoms with Crippen molar-refractivity contribution in [2.75, 3.05) is 23.4 Å². The minimum absolute atomic E-state index is 0.0325. The molecule has 1 saturated heterocycles. The lowest BCUT2D eigenvalue weighted by Gasteiger charge is -2.32. The molecule has 4 N–H and O–H groups in total. The van der Waals surface area contributed by atoms with E-state index in [4.69, 9.17) is 5.84 Å². The molecule has 1 aromatic rings. The standard InChI is InChI=1S/C11H18N6O/c1-8(18)14-9-3-6-17(7-4-9)10-2-5-13-11(15-10)16-12/h2,5,9H,3-4,6-7,12H2,1H3,(H,14,18)(H,13,15,16). The van der Waals surface area contributed by atoms with E-state index in [1.54, 1.807) is 13.1 Å². The summed E-state index contributed by atoms with van der Waals surface area (Å²) in [6.45, 7) is 3.29. The Morgan fingerprint density at radius 2 is 2.22 bits per heavy atom. The Bertz CT molecular complexity index is 416. The molecule has 0 atom stereocenters. The van der Waals surface area contributed by atoms with E-state index in [2.05, 4.69) is 25.6 Å². The molecule has 2 heterocycles. The minimum Gasteiger partial charge on any atom is -0.356 e. The molecule has 1 amide bonds. The van der Waals surface area contributed by atoms with Gasteiger partial charge < -0.3 is 10.2 Å². The summed E-state index contributed by atoms with van der Waals surface area (Å²) in [6.07, 6.45) is 3.53. The average Bonchev–Trinajstić information content (AvgIpc) is 2.39. The molecule has 0 unspecified atom stereocenters. The number of rotatable bonds is 3. The van der Waals surface area contributed by atoms with Gasteiger partial charge in [0.1, 0.15) is 5.82 Å². The van der Waals surface area contributed by atoms with Crippen molar-refractivity contribution in [3.05, 3.63) is 12.3 Å². The van der Waals surface area contributed by atoms with Gasteiger partial charge in [-0.3, -0.25) is 10.2 Å². The number of nitrogens with two attached hydrogens (primary N) is 1. The topological polar surface area (TPSA) is 96.2 Å². The van der Waals surface area contributed by atoms with Crippen molar-refractivity contribution >= 4 is 17.7 Å². The number of carbonyl (C=O) groups excluding carboxylic acids is 1. The molecular weight excluding hydrogens is 232 g/mol. The fourth-order valence-corrected chi connectivity index (χ4v) is 2.14. The van der Waals surface area contributed by atoms with Crippen molar-refractivity contribution < 1.29 is 4.79 Å². The van der Waals surface area contributed by atoms with Crippen molar-refractivity contribution in [2.45, 2.75) is 25.8 Å². The van der Waals surface area contributed by atoms with Gasteiger partial charge in [0.25, 0.3) is 0 Å². The van der Waals surface area contributed by atoms with Crippen LogP contribution in [-0.4, -0.2) is 35.0 Å². The highest BCUT2D eigenvalue weighted by molar-refractivity contribution is 5.73. The highest BCUT2D eigenvalue weighted by Gasteiger charge is 2.20. The highest BCUT2D eigenvalue weighted by atomic mass is 16.1. The minimum atomic E-state index is 0.0325. The maximum Gasteiger partial charge on any atom is 0.239 e. The Hall–Kier alpha value is -1.89. The van der Waals surface area contributed by atoms with Crippen LogP contribution in [0.4, 0.5) is 11.8 Å². The second-order valence-corrected chi connectivity index (χ2v) is 4.34. The Labute approximate surface area is 106 Å². The van der Waals surface area contributed by atoms with Gasteiger partial charge in [-0.15, -0.1) is 0 Å². The molecule has 1 aliphatic rings. The van der Waals surface area contributed by atoms with E-state index < -0.39 is 0 Å². The average molecular weight is 250 g/mol. The fraction of sp³-hybridized carbons (Fsp3) is 0.545. The Morgan fingerprint density at radius 1 is 1.50 bits per heavy atom. The predicted molar refractivity (Wildman–Crippen MR) is 68.9 cm³/mol. The van der Waals surface area contributed by atoms with Gasteiger partial charge >= 0.3 is 0 Å². The van der Waals surface area contributed by atoms with Gasteiger partial charge in [-0.1, -0.05) is 0 Å². The van der Waals surface area contributed by atoms with Crippen LogP contribution in [0.25, 0.3) is 0 Å². The molecule has 0 aliphatic carbocycles. The summed E-state index contributed by atoms with van der Waals surface area (Å²) in [6, 6.07) is 2.13. The van der Waals surface area contributed by atoms with Crippen LogP contribution in [0.1, 0.15) is 19.8 Å². The summed E-state index contributed by atoms with van der Waals surface area (Å²) >= 11 is 0. The number of nitrogens with zero attached hydrogens (tertiary/aromatic N) is 3. The third kappa shape index (κ3) is 3.07. The number of carbonyl (C=O) groups is 1.